The summed E-state index contributed by atoms with van der Waals surface area (Å²) in [5, 5.41) is 3.59. The smallest absolute Gasteiger partial charge is 0.261 e. The molecule has 5 nitrogen and oxygen atoms in total. The van der Waals surface area contributed by atoms with Crippen molar-refractivity contribution in [2.75, 3.05) is 6.61 Å². The molecule has 0 unspecified atom stereocenters. The van der Waals surface area contributed by atoms with Gasteiger partial charge in [-0.15, -0.1) is 0 Å². The fraction of sp³-hybridized carbons (Fsp3) is 0.391. The number of benzene rings is 2. The fourth-order valence-corrected chi connectivity index (χ4v) is 3.15. The van der Waals surface area contributed by atoms with Crippen LogP contribution >= 0.6 is 27.5 Å². The van der Waals surface area contributed by atoms with Crippen molar-refractivity contribution in [3.05, 3.63) is 63.1 Å². The number of nitrogens with zero attached hydrogens (tertiary/aromatic N) is 1. The molecule has 0 fully saturated rings. The van der Waals surface area contributed by atoms with Crippen LogP contribution in [0.3, 0.4) is 0 Å². The van der Waals surface area contributed by atoms with E-state index in [2.05, 4.69) is 21.2 Å². The highest BCUT2D eigenvalue weighted by Crippen LogP contribution is 2.21. The first-order valence-electron chi connectivity index (χ1n) is 9.94. The van der Waals surface area contributed by atoms with Crippen LogP contribution in [0.15, 0.2) is 46.9 Å². The van der Waals surface area contributed by atoms with E-state index in [1.165, 1.54) is 0 Å². The van der Waals surface area contributed by atoms with Crippen molar-refractivity contribution in [1.82, 2.24) is 10.2 Å². The van der Waals surface area contributed by atoms with Gasteiger partial charge in [0.1, 0.15) is 11.8 Å². The van der Waals surface area contributed by atoms with Crippen molar-refractivity contribution in [3.8, 4) is 5.75 Å². The standard InChI is InChI=1S/C23H28BrClN2O3/c1-5-16(3)26-23(29)17(4)27(13-18-6-8-19(24)9-7-18)22(28)14-30-20-10-11-21(25)15(2)12-20/h6-12,16-17H,5,13-14H2,1-4H3,(H,26,29)/t16-,17+/m0/s1. The average Bonchev–Trinajstić information content (AvgIpc) is 2.73. The number of nitrogens with one attached hydrogen (secondary N) is 1. The quantitative estimate of drug-likeness (QED) is 0.525. The maximum Gasteiger partial charge on any atom is 0.261 e. The number of hydrogen-bond donors (Lipinski definition) is 1. The maximum atomic E-state index is 13.0. The highest BCUT2D eigenvalue weighted by molar-refractivity contribution is 9.10. The van der Waals surface area contributed by atoms with Crippen LogP contribution in [0.25, 0.3) is 0 Å². The normalized spacial score (nSPS) is 12.7. The van der Waals surface area contributed by atoms with E-state index in [0.717, 1.165) is 22.0 Å². The lowest BCUT2D eigenvalue weighted by Crippen LogP contribution is -2.50. The van der Waals surface area contributed by atoms with Gasteiger partial charge in [-0.1, -0.05) is 46.6 Å². The van der Waals surface area contributed by atoms with Gasteiger partial charge in [0.2, 0.25) is 5.91 Å². The Morgan fingerprint density at radius 2 is 1.83 bits per heavy atom. The lowest BCUT2D eigenvalue weighted by molar-refractivity contribution is -0.142. The van der Waals surface area contributed by atoms with E-state index in [9.17, 15) is 9.59 Å². The summed E-state index contributed by atoms with van der Waals surface area (Å²) in [6.07, 6.45) is 0.818. The van der Waals surface area contributed by atoms with E-state index >= 15 is 0 Å². The molecular formula is C23H28BrClN2O3. The predicted molar refractivity (Wildman–Crippen MR) is 124 cm³/mol. The van der Waals surface area contributed by atoms with Gasteiger partial charge < -0.3 is 15.0 Å². The molecule has 0 radical (unpaired) electrons. The number of ether oxygens (including phenoxy) is 1. The Bertz CT molecular complexity index is 873. The van der Waals surface area contributed by atoms with Crippen molar-refractivity contribution in [3.63, 3.8) is 0 Å². The van der Waals surface area contributed by atoms with Crippen LogP contribution in [-0.4, -0.2) is 35.4 Å². The van der Waals surface area contributed by atoms with Gasteiger partial charge in [0.15, 0.2) is 6.61 Å². The van der Waals surface area contributed by atoms with Crippen molar-refractivity contribution in [2.24, 2.45) is 0 Å². The fourth-order valence-electron chi connectivity index (χ4n) is 2.77. The molecule has 7 heteroatoms. The van der Waals surface area contributed by atoms with Crippen LogP contribution in [-0.2, 0) is 16.1 Å². The summed E-state index contributed by atoms with van der Waals surface area (Å²) in [6.45, 7) is 7.70. The summed E-state index contributed by atoms with van der Waals surface area (Å²) in [5.41, 5.74) is 1.80. The summed E-state index contributed by atoms with van der Waals surface area (Å²) >= 11 is 9.46. The number of carbonyl (C=O) groups is 2. The molecule has 2 amide bonds. The molecule has 2 aromatic carbocycles. The summed E-state index contributed by atoms with van der Waals surface area (Å²) in [4.78, 5) is 27.3. The molecule has 162 valence electrons. The van der Waals surface area contributed by atoms with E-state index in [1.807, 2.05) is 45.0 Å². The molecule has 30 heavy (non-hydrogen) atoms. The minimum absolute atomic E-state index is 0.0397. The van der Waals surface area contributed by atoms with Gasteiger partial charge >= 0.3 is 0 Å². The molecule has 1 N–H and O–H groups in total. The first-order chi connectivity index (χ1) is 14.2. The van der Waals surface area contributed by atoms with E-state index in [-0.39, 0.29) is 24.5 Å². The van der Waals surface area contributed by atoms with E-state index in [4.69, 9.17) is 16.3 Å². The molecule has 2 aromatic rings. The monoisotopic (exact) mass is 494 g/mol. The van der Waals surface area contributed by atoms with E-state index in [0.29, 0.717) is 17.3 Å². The molecule has 0 aromatic heterocycles. The number of halogens is 2. The number of hydrogen-bond acceptors (Lipinski definition) is 3. The van der Waals surface area contributed by atoms with Crippen molar-refractivity contribution < 1.29 is 14.3 Å². The first-order valence-corrected chi connectivity index (χ1v) is 11.1. The number of aryl methyl sites for hydroxylation is 1. The lowest BCUT2D eigenvalue weighted by Gasteiger charge is -2.29. The first kappa shape index (κ1) is 24.2. The second kappa shape index (κ2) is 11.4. The molecule has 2 rings (SSSR count). The Morgan fingerprint density at radius 1 is 1.17 bits per heavy atom. The van der Waals surface area contributed by atoms with Crippen molar-refractivity contribution >= 4 is 39.3 Å². The molecular weight excluding hydrogens is 468 g/mol. The highest BCUT2D eigenvalue weighted by atomic mass is 79.9. The SMILES string of the molecule is CC[C@H](C)NC(=O)[C@@H](C)N(Cc1ccc(Br)cc1)C(=O)COc1ccc(Cl)c(C)c1. The zero-order valence-electron chi connectivity index (χ0n) is 17.7. The molecule has 0 heterocycles. The minimum Gasteiger partial charge on any atom is -0.484 e. The average molecular weight is 496 g/mol. The third-order valence-corrected chi connectivity index (χ3v) is 5.88. The Hall–Kier alpha value is -2.05. The third-order valence-electron chi connectivity index (χ3n) is 4.93. The van der Waals surface area contributed by atoms with Crippen LogP contribution in [0.5, 0.6) is 5.75 Å². The second-order valence-electron chi connectivity index (χ2n) is 7.34. The molecule has 0 aliphatic carbocycles. The maximum absolute atomic E-state index is 13.0. The Morgan fingerprint density at radius 3 is 2.43 bits per heavy atom. The molecule has 2 atom stereocenters. The summed E-state index contributed by atoms with van der Waals surface area (Å²) in [6, 6.07) is 12.3. The zero-order valence-corrected chi connectivity index (χ0v) is 20.1. The molecule has 0 aliphatic rings. The topological polar surface area (TPSA) is 58.6 Å². The van der Waals surface area contributed by atoms with Gasteiger partial charge in [0, 0.05) is 22.1 Å². The number of rotatable bonds is 9. The van der Waals surface area contributed by atoms with E-state index in [1.54, 1.807) is 30.0 Å². The molecule has 0 saturated heterocycles. The lowest BCUT2D eigenvalue weighted by atomic mass is 10.1. The summed E-state index contributed by atoms with van der Waals surface area (Å²) in [5.74, 6) is 0.111. The van der Waals surface area contributed by atoms with Gasteiger partial charge in [0.05, 0.1) is 0 Å². The van der Waals surface area contributed by atoms with Gasteiger partial charge in [-0.2, -0.15) is 0 Å². The Balaban J connectivity index is 2.15. The Labute approximate surface area is 191 Å². The van der Waals surface area contributed by atoms with Gasteiger partial charge in [0.25, 0.3) is 5.91 Å². The van der Waals surface area contributed by atoms with Gasteiger partial charge in [-0.3, -0.25) is 9.59 Å². The van der Waals surface area contributed by atoms with Gasteiger partial charge in [-0.05, 0) is 68.7 Å². The third kappa shape index (κ3) is 7.03. The minimum atomic E-state index is -0.634. The number of amides is 2. The van der Waals surface area contributed by atoms with Crippen LogP contribution in [0.2, 0.25) is 5.02 Å². The molecule has 0 spiro atoms. The summed E-state index contributed by atoms with van der Waals surface area (Å²) in [7, 11) is 0. The van der Waals surface area contributed by atoms with Crippen LogP contribution < -0.4 is 10.1 Å². The van der Waals surface area contributed by atoms with Crippen LogP contribution in [0, 0.1) is 6.92 Å². The van der Waals surface area contributed by atoms with E-state index < -0.39 is 6.04 Å². The second-order valence-corrected chi connectivity index (χ2v) is 8.66. The highest BCUT2D eigenvalue weighted by Gasteiger charge is 2.27. The predicted octanol–water partition coefficient (Wildman–Crippen LogP) is 5.12. The zero-order chi connectivity index (χ0) is 22.3. The Kier molecular flexibility index (Phi) is 9.18. The molecule has 0 aliphatic heterocycles. The van der Waals surface area contributed by atoms with Crippen LogP contribution in [0.4, 0.5) is 0 Å². The number of carbonyl (C=O) groups excluding carboxylic acids is 2. The van der Waals surface area contributed by atoms with Crippen LogP contribution in [0.1, 0.15) is 38.3 Å². The molecule has 0 saturated carbocycles. The largest absolute Gasteiger partial charge is 0.484 e. The molecule has 0 bridgehead atoms. The van der Waals surface area contributed by atoms with Crippen molar-refractivity contribution in [2.45, 2.75) is 52.7 Å². The van der Waals surface area contributed by atoms with Gasteiger partial charge in [-0.25, -0.2) is 0 Å². The summed E-state index contributed by atoms with van der Waals surface area (Å²) < 4.78 is 6.64. The van der Waals surface area contributed by atoms with Crippen molar-refractivity contribution in [1.29, 1.82) is 0 Å².